The van der Waals surface area contributed by atoms with Gasteiger partial charge in [-0.05, 0) is 54.8 Å². The predicted octanol–water partition coefficient (Wildman–Crippen LogP) is 2.47. The van der Waals surface area contributed by atoms with Gasteiger partial charge >= 0.3 is 0 Å². The normalized spacial score (nSPS) is 17.4. The zero-order chi connectivity index (χ0) is 12.8. The summed E-state index contributed by atoms with van der Waals surface area (Å²) in [5.41, 5.74) is 7.25. The fourth-order valence-electron chi connectivity index (χ4n) is 2.33. The van der Waals surface area contributed by atoms with Gasteiger partial charge in [-0.3, -0.25) is 0 Å². The van der Waals surface area contributed by atoms with Crippen LogP contribution in [0.4, 0.5) is 5.69 Å². The molecule has 0 unspecified atom stereocenters. The Kier molecular flexibility index (Phi) is 2.52. The van der Waals surface area contributed by atoms with Gasteiger partial charge < -0.3 is 5.73 Å². The molecule has 1 saturated carbocycles. The summed E-state index contributed by atoms with van der Waals surface area (Å²) in [4.78, 5) is 0. The molecular weight excluding hydrogens is 250 g/mol. The fraction of sp³-hybridized carbons (Fsp3) is 0.417. The average molecular weight is 264 g/mol. The van der Waals surface area contributed by atoms with Gasteiger partial charge in [-0.1, -0.05) is 11.6 Å². The van der Waals surface area contributed by atoms with Gasteiger partial charge in [0.2, 0.25) is 0 Å². The minimum atomic E-state index is 0.00671. The maximum atomic E-state index is 6.21. The lowest BCUT2D eigenvalue weighted by atomic mass is 9.78. The molecule has 1 fully saturated rings. The summed E-state index contributed by atoms with van der Waals surface area (Å²) in [7, 11) is 0. The number of tetrazole rings is 1. The summed E-state index contributed by atoms with van der Waals surface area (Å²) in [6.45, 7) is 2.16. The van der Waals surface area contributed by atoms with Crippen LogP contribution in [0.15, 0.2) is 18.2 Å². The van der Waals surface area contributed by atoms with E-state index in [1.165, 1.54) is 6.42 Å². The van der Waals surface area contributed by atoms with Gasteiger partial charge in [0, 0.05) is 11.3 Å². The molecule has 0 atom stereocenters. The lowest BCUT2D eigenvalue weighted by Crippen LogP contribution is -2.38. The second kappa shape index (κ2) is 3.95. The Labute approximate surface area is 110 Å². The molecule has 3 rings (SSSR count). The maximum absolute atomic E-state index is 6.21. The molecule has 2 aromatic rings. The summed E-state index contributed by atoms with van der Waals surface area (Å²) in [5, 5.41) is 12.6. The number of hydrogen-bond donors (Lipinski definition) is 1. The number of halogens is 1. The van der Waals surface area contributed by atoms with Crippen molar-refractivity contribution in [2.75, 3.05) is 5.73 Å². The van der Waals surface area contributed by atoms with Crippen LogP contribution in [0.3, 0.4) is 0 Å². The third-order valence-corrected chi connectivity index (χ3v) is 3.97. The lowest BCUT2D eigenvalue weighted by molar-refractivity contribution is 0.148. The van der Waals surface area contributed by atoms with E-state index in [9.17, 15) is 0 Å². The van der Waals surface area contributed by atoms with Crippen molar-refractivity contribution < 1.29 is 0 Å². The third-order valence-electron chi connectivity index (χ3n) is 3.64. The van der Waals surface area contributed by atoms with E-state index in [4.69, 9.17) is 17.3 Å². The zero-order valence-electron chi connectivity index (χ0n) is 10.1. The van der Waals surface area contributed by atoms with Crippen LogP contribution < -0.4 is 5.73 Å². The van der Waals surface area contributed by atoms with E-state index < -0.39 is 0 Å². The number of rotatable bonds is 2. The van der Waals surface area contributed by atoms with Gasteiger partial charge in [-0.15, -0.1) is 5.10 Å². The van der Waals surface area contributed by atoms with E-state index in [0.717, 1.165) is 18.4 Å². The Morgan fingerprint density at radius 2 is 2.17 bits per heavy atom. The second-order valence-electron chi connectivity index (χ2n) is 5.00. The first-order valence-electron chi connectivity index (χ1n) is 5.94. The Balaban J connectivity index is 2.12. The van der Waals surface area contributed by atoms with Crippen LogP contribution in [-0.4, -0.2) is 20.2 Å². The highest BCUT2D eigenvalue weighted by Gasteiger charge is 2.37. The zero-order valence-corrected chi connectivity index (χ0v) is 10.9. The van der Waals surface area contributed by atoms with E-state index in [-0.39, 0.29) is 5.54 Å². The first-order chi connectivity index (χ1) is 8.60. The average Bonchev–Trinajstić information content (AvgIpc) is 2.78. The molecule has 1 aliphatic carbocycles. The number of anilines is 1. The maximum Gasteiger partial charge on any atom is 0.184 e. The molecule has 1 aromatic heterocycles. The molecule has 1 aromatic carbocycles. The van der Waals surface area contributed by atoms with Crippen LogP contribution in [0.1, 0.15) is 26.2 Å². The monoisotopic (exact) mass is 263 g/mol. The predicted molar refractivity (Wildman–Crippen MR) is 70.2 cm³/mol. The van der Waals surface area contributed by atoms with E-state index in [1.807, 2.05) is 10.7 Å². The molecule has 0 spiro atoms. The highest BCUT2D eigenvalue weighted by atomic mass is 35.5. The third kappa shape index (κ3) is 1.66. The summed E-state index contributed by atoms with van der Waals surface area (Å²) in [6, 6.07) is 5.35. The number of benzene rings is 1. The smallest absolute Gasteiger partial charge is 0.184 e. The van der Waals surface area contributed by atoms with Gasteiger partial charge in [-0.25, -0.2) is 4.68 Å². The molecular formula is C12H14ClN5. The molecule has 1 heterocycles. The van der Waals surface area contributed by atoms with Crippen molar-refractivity contribution in [3.63, 3.8) is 0 Å². The summed E-state index contributed by atoms with van der Waals surface area (Å²) >= 11 is 6.21. The number of hydrogen-bond acceptors (Lipinski definition) is 4. The first-order valence-corrected chi connectivity index (χ1v) is 6.32. The minimum Gasteiger partial charge on any atom is -0.399 e. The quantitative estimate of drug-likeness (QED) is 0.845. The van der Waals surface area contributed by atoms with Crippen LogP contribution in [0.25, 0.3) is 11.4 Å². The van der Waals surface area contributed by atoms with Gasteiger partial charge in [0.25, 0.3) is 0 Å². The molecule has 0 saturated heterocycles. The van der Waals surface area contributed by atoms with E-state index in [2.05, 4.69) is 22.4 Å². The van der Waals surface area contributed by atoms with Crippen LogP contribution in [0, 0.1) is 0 Å². The number of nitrogens with zero attached hydrogens (tertiary/aromatic N) is 4. The van der Waals surface area contributed by atoms with E-state index >= 15 is 0 Å². The topological polar surface area (TPSA) is 69.6 Å². The molecule has 0 radical (unpaired) electrons. The van der Waals surface area contributed by atoms with Crippen molar-refractivity contribution in [2.45, 2.75) is 31.7 Å². The Morgan fingerprint density at radius 1 is 1.39 bits per heavy atom. The molecule has 1 aliphatic rings. The number of aromatic nitrogens is 4. The molecule has 6 heteroatoms. The first kappa shape index (κ1) is 11.5. The standard InChI is InChI=1S/C12H14ClN5/c1-12(5-2-6-12)18-11(15-16-17-18)9-7-8(14)3-4-10(9)13/h3-4,7H,2,5-6,14H2,1H3. The lowest BCUT2D eigenvalue weighted by Gasteiger charge is -2.38. The summed E-state index contributed by atoms with van der Waals surface area (Å²) < 4.78 is 1.87. The van der Waals surface area contributed by atoms with Crippen LogP contribution >= 0.6 is 11.6 Å². The molecule has 0 amide bonds. The largest absolute Gasteiger partial charge is 0.399 e. The number of nitrogen functional groups attached to an aromatic ring is 1. The highest BCUT2D eigenvalue weighted by Crippen LogP contribution is 2.41. The molecule has 94 valence electrons. The molecule has 2 N–H and O–H groups in total. The molecule has 0 aliphatic heterocycles. The molecule has 0 bridgehead atoms. The number of nitrogens with two attached hydrogens (primary N) is 1. The van der Waals surface area contributed by atoms with Crippen LogP contribution in [0.5, 0.6) is 0 Å². The van der Waals surface area contributed by atoms with E-state index in [0.29, 0.717) is 16.5 Å². The summed E-state index contributed by atoms with van der Waals surface area (Å²) in [6.07, 6.45) is 3.39. The minimum absolute atomic E-state index is 0.00671. The Hall–Kier alpha value is -1.62. The molecule has 5 nitrogen and oxygen atoms in total. The summed E-state index contributed by atoms with van der Waals surface area (Å²) in [5.74, 6) is 0.689. The van der Waals surface area contributed by atoms with E-state index in [1.54, 1.807) is 12.1 Å². The van der Waals surface area contributed by atoms with Crippen molar-refractivity contribution in [1.82, 2.24) is 20.2 Å². The SMILES string of the molecule is CC1(n2nnnc2-c2cc(N)ccc2Cl)CCC1. The van der Waals surface area contributed by atoms with Crippen molar-refractivity contribution >= 4 is 17.3 Å². The molecule has 18 heavy (non-hydrogen) atoms. The van der Waals surface area contributed by atoms with Crippen LogP contribution in [0.2, 0.25) is 5.02 Å². The van der Waals surface area contributed by atoms with Crippen molar-refractivity contribution in [1.29, 1.82) is 0 Å². The Morgan fingerprint density at radius 3 is 2.83 bits per heavy atom. The van der Waals surface area contributed by atoms with Gasteiger partial charge in [-0.2, -0.15) is 0 Å². The Bertz CT molecular complexity index is 588. The van der Waals surface area contributed by atoms with Crippen molar-refractivity contribution in [2.24, 2.45) is 0 Å². The highest BCUT2D eigenvalue weighted by molar-refractivity contribution is 6.33. The van der Waals surface area contributed by atoms with Gasteiger partial charge in [0.05, 0.1) is 10.6 Å². The second-order valence-corrected chi connectivity index (χ2v) is 5.41. The van der Waals surface area contributed by atoms with Gasteiger partial charge in [0.1, 0.15) is 0 Å². The fourth-order valence-corrected chi connectivity index (χ4v) is 2.54. The van der Waals surface area contributed by atoms with Crippen molar-refractivity contribution in [3.8, 4) is 11.4 Å². The van der Waals surface area contributed by atoms with Crippen molar-refractivity contribution in [3.05, 3.63) is 23.2 Å². The van der Waals surface area contributed by atoms with Crippen LogP contribution in [-0.2, 0) is 5.54 Å². The van der Waals surface area contributed by atoms with Gasteiger partial charge in [0.15, 0.2) is 5.82 Å².